The molecule has 0 atom stereocenters. The molecule has 1 fully saturated rings. The molecule has 1 aliphatic heterocycles. The molecule has 1 amide bonds. The molecule has 1 aromatic carbocycles. The average Bonchev–Trinajstić information content (AvgIpc) is 3.60. The van der Waals surface area contributed by atoms with Crippen molar-refractivity contribution in [1.29, 1.82) is 5.26 Å². The number of carbonyl (C=O) groups is 1. The van der Waals surface area contributed by atoms with Crippen molar-refractivity contribution in [2.75, 3.05) is 29.9 Å². The van der Waals surface area contributed by atoms with Gasteiger partial charge in [-0.25, -0.2) is 0 Å². The Morgan fingerprint density at radius 1 is 1.24 bits per heavy atom. The monoisotopic (exact) mass is 462 g/mol. The number of aromatic nitrogens is 3. The number of benzene rings is 1. The number of nitriles is 1. The summed E-state index contributed by atoms with van der Waals surface area (Å²) in [5, 5.41) is 21.7. The largest absolute Gasteiger partial charge is 0.491 e. The molecule has 0 spiro atoms. The highest BCUT2D eigenvalue weighted by Gasteiger charge is 2.18. The molecular formula is C24H26N6O2S. The smallest absolute Gasteiger partial charge is 0.268 e. The molecule has 9 heteroatoms. The summed E-state index contributed by atoms with van der Waals surface area (Å²) < 4.78 is 7.91. The van der Waals surface area contributed by atoms with Crippen molar-refractivity contribution in [3.63, 3.8) is 0 Å². The van der Waals surface area contributed by atoms with Gasteiger partial charge in [0.1, 0.15) is 24.0 Å². The van der Waals surface area contributed by atoms with E-state index in [1.807, 2.05) is 47.2 Å². The molecule has 170 valence electrons. The Morgan fingerprint density at radius 3 is 2.85 bits per heavy atom. The highest BCUT2D eigenvalue weighted by molar-refractivity contribution is 7.19. The summed E-state index contributed by atoms with van der Waals surface area (Å²) >= 11 is 1.32. The van der Waals surface area contributed by atoms with Crippen LogP contribution in [0.1, 0.15) is 31.0 Å². The average molecular weight is 463 g/mol. The van der Waals surface area contributed by atoms with E-state index in [1.165, 1.54) is 11.3 Å². The predicted octanol–water partition coefficient (Wildman–Crippen LogP) is 4.13. The summed E-state index contributed by atoms with van der Waals surface area (Å²) in [7, 11) is 0. The lowest BCUT2D eigenvalue weighted by Crippen LogP contribution is -2.17. The number of hydrogen-bond acceptors (Lipinski definition) is 7. The SMILES string of the molecule is CCc1ccccc1OCCn1cccc1/C=C(/C#N)C(=O)Nc1nnc(N2CCCC2)s1. The van der Waals surface area contributed by atoms with Crippen molar-refractivity contribution < 1.29 is 9.53 Å². The van der Waals surface area contributed by atoms with E-state index in [-0.39, 0.29) is 5.57 Å². The van der Waals surface area contributed by atoms with Crippen LogP contribution in [-0.4, -0.2) is 40.4 Å². The number of nitrogens with one attached hydrogen (secondary N) is 1. The van der Waals surface area contributed by atoms with E-state index >= 15 is 0 Å². The Balaban J connectivity index is 1.38. The van der Waals surface area contributed by atoms with Gasteiger partial charge in [0.15, 0.2) is 0 Å². The third-order valence-corrected chi connectivity index (χ3v) is 6.38. The van der Waals surface area contributed by atoms with Crippen LogP contribution < -0.4 is 15.0 Å². The van der Waals surface area contributed by atoms with Crippen molar-refractivity contribution in [3.8, 4) is 11.8 Å². The molecule has 3 aromatic rings. The highest BCUT2D eigenvalue weighted by Crippen LogP contribution is 2.27. The molecule has 3 heterocycles. The zero-order chi connectivity index (χ0) is 23.0. The van der Waals surface area contributed by atoms with Gasteiger partial charge in [-0.2, -0.15) is 5.26 Å². The summed E-state index contributed by atoms with van der Waals surface area (Å²) in [6.07, 6.45) is 6.66. The van der Waals surface area contributed by atoms with Gasteiger partial charge >= 0.3 is 0 Å². The standard InChI is InChI=1S/C24H26N6O2S/c1-2-18-8-3-4-10-21(18)32-15-14-29-13-7-9-20(29)16-19(17-25)22(31)26-23-27-28-24(33-23)30-11-5-6-12-30/h3-4,7-10,13,16H,2,5-6,11-12,14-15H2,1H3,(H,26,27,31)/b19-16-. The van der Waals surface area contributed by atoms with Gasteiger partial charge in [-0.15, -0.1) is 10.2 Å². The lowest BCUT2D eigenvalue weighted by atomic mass is 10.1. The number of rotatable bonds is 9. The van der Waals surface area contributed by atoms with Crippen LogP contribution in [0, 0.1) is 11.3 Å². The topological polar surface area (TPSA) is 96.1 Å². The maximum atomic E-state index is 12.7. The first kappa shape index (κ1) is 22.6. The van der Waals surface area contributed by atoms with Crippen LogP contribution in [0.3, 0.4) is 0 Å². The van der Waals surface area contributed by atoms with Gasteiger partial charge in [0.25, 0.3) is 5.91 Å². The quantitative estimate of drug-likeness (QED) is 0.379. The number of carbonyl (C=O) groups excluding carboxylic acids is 1. The number of ether oxygens (including phenoxy) is 1. The summed E-state index contributed by atoms with van der Waals surface area (Å²) in [4.78, 5) is 14.8. The van der Waals surface area contributed by atoms with E-state index in [1.54, 1.807) is 6.08 Å². The van der Waals surface area contributed by atoms with Crippen molar-refractivity contribution in [2.24, 2.45) is 0 Å². The second-order valence-corrected chi connectivity index (χ2v) is 8.60. The molecule has 0 bridgehead atoms. The molecule has 4 rings (SSSR count). The second-order valence-electron chi connectivity index (χ2n) is 7.64. The van der Waals surface area contributed by atoms with Gasteiger partial charge in [0, 0.05) is 25.0 Å². The molecule has 1 saturated heterocycles. The lowest BCUT2D eigenvalue weighted by Gasteiger charge is -2.12. The van der Waals surface area contributed by atoms with Crippen LogP contribution >= 0.6 is 11.3 Å². The number of para-hydroxylation sites is 1. The second kappa shape index (κ2) is 10.8. The maximum absolute atomic E-state index is 12.7. The number of hydrogen-bond donors (Lipinski definition) is 1. The Kier molecular flexibility index (Phi) is 7.37. The van der Waals surface area contributed by atoms with Crippen LogP contribution in [-0.2, 0) is 17.8 Å². The third-order valence-electron chi connectivity index (χ3n) is 5.48. The fraction of sp³-hybridized carbons (Fsp3) is 0.333. The number of aryl methyl sites for hydroxylation is 1. The lowest BCUT2D eigenvalue weighted by molar-refractivity contribution is -0.112. The van der Waals surface area contributed by atoms with Crippen molar-refractivity contribution in [1.82, 2.24) is 14.8 Å². The van der Waals surface area contributed by atoms with Gasteiger partial charge in [0.05, 0.1) is 6.54 Å². The summed E-state index contributed by atoms with van der Waals surface area (Å²) in [6.45, 7) is 5.07. The molecular weight excluding hydrogens is 436 g/mol. The van der Waals surface area contributed by atoms with E-state index in [0.717, 1.165) is 54.5 Å². The van der Waals surface area contributed by atoms with E-state index in [2.05, 4.69) is 33.4 Å². The van der Waals surface area contributed by atoms with Crippen LogP contribution in [0.2, 0.25) is 0 Å². The van der Waals surface area contributed by atoms with Crippen LogP contribution in [0.5, 0.6) is 5.75 Å². The molecule has 0 radical (unpaired) electrons. The summed E-state index contributed by atoms with van der Waals surface area (Å²) in [6, 6.07) is 13.7. The van der Waals surface area contributed by atoms with Crippen LogP contribution in [0.4, 0.5) is 10.3 Å². The molecule has 0 unspecified atom stereocenters. The van der Waals surface area contributed by atoms with E-state index in [4.69, 9.17) is 4.74 Å². The van der Waals surface area contributed by atoms with E-state index in [9.17, 15) is 10.1 Å². The minimum Gasteiger partial charge on any atom is -0.491 e. The van der Waals surface area contributed by atoms with Crippen LogP contribution in [0.25, 0.3) is 6.08 Å². The van der Waals surface area contributed by atoms with Crippen molar-refractivity contribution in [3.05, 3.63) is 59.4 Å². The van der Waals surface area contributed by atoms with Gasteiger partial charge in [-0.1, -0.05) is 36.5 Å². The Bertz CT molecular complexity index is 1170. The first-order valence-electron chi connectivity index (χ1n) is 11.1. The fourth-order valence-electron chi connectivity index (χ4n) is 3.72. The molecule has 2 aromatic heterocycles. The molecule has 1 aliphatic rings. The zero-order valence-corrected chi connectivity index (χ0v) is 19.3. The molecule has 0 saturated carbocycles. The maximum Gasteiger partial charge on any atom is 0.268 e. The van der Waals surface area contributed by atoms with Gasteiger partial charge in [0.2, 0.25) is 10.3 Å². The first-order valence-corrected chi connectivity index (χ1v) is 11.9. The minimum atomic E-state index is -0.498. The van der Waals surface area contributed by atoms with E-state index < -0.39 is 5.91 Å². The van der Waals surface area contributed by atoms with Crippen LogP contribution in [0.15, 0.2) is 48.2 Å². The zero-order valence-electron chi connectivity index (χ0n) is 18.5. The molecule has 0 aliphatic carbocycles. The summed E-state index contributed by atoms with van der Waals surface area (Å²) in [5.74, 6) is 0.384. The van der Waals surface area contributed by atoms with Crippen molar-refractivity contribution >= 4 is 33.6 Å². The van der Waals surface area contributed by atoms with Gasteiger partial charge in [-0.3, -0.25) is 10.1 Å². The normalized spacial score (nSPS) is 13.7. The van der Waals surface area contributed by atoms with E-state index in [0.29, 0.717) is 18.3 Å². The Morgan fingerprint density at radius 2 is 2.06 bits per heavy atom. The highest BCUT2D eigenvalue weighted by atomic mass is 32.1. The molecule has 33 heavy (non-hydrogen) atoms. The van der Waals surface area contributed by atoms with Gasteiger partial charge in [-0.05, 0) is 49.1 Å². The van der Waals surface area contributed by atoms with Gasteiger partial charge < -0.3 is 14.2 Å². The molecule has 8 nitrogen and oxygen atoms in total. The molecule has 1 N–H and O–H groups in total. The Labute approximate surface area is 197 Å². The minimum absolute atomic E-state index is 0.00474. The predicted molar refractivity (Wildman–Crippen MR) is 129 cm³/mol. The summed E-state index contributed by atoms with van der Waals surface area (Å²) in [5.41, 5.74) is 1.92. The van der Waals surface area contributed by atoms with Crippen molar-refractivity contribution in [2.45, 2.75) is 32.7 Å². The third kappa shape index (κ3) is 5.59. The first-order chi connectivity index (χ1) is 16.2. The fourth-order valence-corrected chi connectivity index (χ4v) is 4.51. The Hall–Kier alpha value is -3.64. The number of amides is 1. The number of nitrogens with zero attached hydrogens (tertiary/aromatic N) is 5. The number of anilines is 2.